The van der Waals surface area contributed by atoms with Crippen LogP contribution in [0.5, 0.6) is 0 Å². The molecule has 1 aliphatic heterocycles. The number of hydrogen-bond acceptors (Lipinski definition) is 6. The third kappa shape index (κ3) is 6.12. The van der Waals surface area contributed by atoms with Gasteiger partial charge in [0.15, 0.2) is 9.84 Å². The summed E-state index contributed by atoms with van der Waals surface area (Å²) in [5.41, 5.74) is 4.93. The Kier molecular flexibility index (Phi) is 7.48. The number of aryl methyl sites for hydroxylation is 2. The van der Waals surface area contributed by atoms with Crippen LogP contribution in [0.1, 0.15) is 34.6 Å². The molecule has 1 aromatic heterocycles. The van der Waals surface area contributed by atoms with Gasteiger partial charge in [-0.1, -0.05) is 42.5 Å². The first-order valence-electron chi connectivity index (χ1n) is 11.6. The fourth-order valence-electron chi connectivity index (χ4n) is 4.28. The largest absolute Gasteiger partial charge is 0.441 e. The van der Waals surface area contributed by atoms with Gasteiger partial charge in [-0.15, -0.1) is 0 Å². The molecular weight excluding hydrogens is 450 g/mol. The van der Waals surface area contributed by atoms with Crippen molar-refractivity contribution in [2.45, 2.75) is 39.0 Å². The molecule has 0 unspecified atom stereocenters. The van der Waals surface area contributed by atoms with Crippen molar-refractivity contribution in [2.75, 3.05) is 25.4 Å². The molecule has 2 aromatic carbocycles. The summed E-state index contributed by atoms with van der Waals surface area (Å²) in [6.45, 7) is 6.87. The molecule has 0 fully saturated rings. The summed E-state index contributed by atoms with van der Waals surface area (Å²) >= 11 is 0. The van der Waals surface area contributed by atoms with Crippen molar-refractivity contribution in [3.63, 3.8) is 0 Å². The molecule has 0 bridgehead atoms. The topological polar surface area (TPSA) is 92.5 Å². The van der Waals surface area contributed by atoms with Crippen LogP contribution in [0.4, 0.5) is 0 Å². The number of fused-ring (bicyclic) bond motifs is 1. The summed E-state index contributed by atoms with van der Waals surface area (Å²) in [5, 5.41) is 2.75. The lowest BCUT2D eigenvalue weighted by molar-refractivity contribution is -0.118. The summed E-state index contributed by atoms with van der Waals surface area (Å²) in [5.74, 6) is -0.523. The predicted octanol–water partition coefficient (Wildman–Crippen LogP) is 3.44. The third-order valence-electron chi connectivity index (χ3n) is 6.16. The molecule has 3 aromatic rings. The third-order valence-corrected chi connectivity index (χ3v) is 7.57. The van der Waals surface area contributed by atoms with Gasteiger partial charge in [-0.05, 0) is 49.4 Å². The minimum atomic E-state index is -3.67. The molecule has 0 atom stereocenters. The van der Waals surface area contributed by atoms with Crippen LogP contribution < -0.4 is 5.32 Å². The number of oxazole rings is 1. The van der Waals surface area contributed by atoms with Crippen LogP contribution in [-0.2, 0) is 33.4 Å². The SMILES string of the molecule is Cc1ccccc1-c1nc(CS(=O)(=O)CC(=O)NCCCN2CCc3ccccc3C2)c(C)o1. The Morgan fingerprint density at radius 3 is 2.62 bits per heavy atom. The molecule has 2 heterocycles. The number of aromatic nitrogens is 1. The zero-order chi connectivity index (χ0) is 24.1. The lowest BCUT2D eigenvalue weighted by atomic mass is 10.00. The van der Waals surface area contributed by atoms with Crippen LogP contribution >= 0.6 is 0 Å². The lowest BCUT2D eigenvalue weighted by Crippen LogP contribution is -2.35. The van der Waals surface area contributed by atoms with E-state index in [2.05, 4.69) is 39.5 Å². The molecule has 34 heavy (non-hydrogen) atoms. The van der Waals surface area contributed by atoms with Crippen LogP contribution in [0.2, 0.25) is 0 Å². The molecule has 1 amide bonds. The molecule has 4 rings (SSSR count). The van der Waals surface area contributed by atoms with E-state index in [0.717, 1.165) is 43.6 Å². The Hall–Kier alpha value is -2.97. The van der Waals surface area contributed by atoms with Gasteiger partial charge in [0.25, 0.3) is 0 Å². The fraction of sp³-hybridized carbons (Fsp3) is 0.385. The standard InChI is InChI=1S/C26H31N3O4S/c1-19-8-3-6-11-23(19)26-28-24(20(2)33-26)17-34(31,32)18-25(30)27-13-7-14-29-15-12-21-9-4-5-10-22(21)16-29/h3-6,8-11H,7,12-18H2,1-2H3,(H,27,30). The maximum absolute atomic E-state index is 12.6. The van der Waals surface area contributed by atoms with Gasteiger partial charge in [0, 0.05) is 31.7 Å². The Bertz CT molecular complexity index is 1270. The molecule has 0 saturated carbocycles. The van der Waals surface area contributed by atoms with Crippen LogP contribution in [-0.4, -0.2) is 49.6 Å². The minimum Gasteiger partial charge on any atom is -0.441 e. The number of benzene rings is 2. The zero-order valence-electron chi connectivity index (χ0n) is 19.7. The number of rotatable bonds is 9. The fourth-order valence-corrected chi connectivity index (χ4v) is 5.56. The van der Waals surface area contributed by atoms with Crippen LogP contribution in [0.15, 0.2) is 52.9 Å². The highest BCUT2D eigenvalue weighted by molar-refractivity contribution is 7.91. The molecule has 1 N–H and O–H groups in total. The summed E-state index contributed by atoms with van der Waals surface area (Å²) < 4.78 is 31.0. The van der Waals surface area contributed by atoms with Gasteiger partial charge in [-0.25, -0.2) is 13.4 Å². The predicted molar refractivity (Wildman–Crippen MR) is 132 cm³/mol. The van der Waals surface area contributed by atoms with Gasteiger partial charge in [-0.2, -0.15) is 0 Å². The van der Waals surface area contributed by atoms with Gasteiger partial charge in [0.2, 0.25) is 11.8 Å². The second-order valence-electron chi connectivity index (χ2n) is 8.87. The van der Waals surface area contributed by atoms with Crippen molar-refractivity contribution < 1.29 is 17.6 Å². The van der Waals surface area contributed by atoms with Gasteiger partial charge >= 0.3 is 0 Å². The molecular formula is C26H31N3O4S. The van der Waals surface area contributed by atoms with Crippen LogP contribution in [0.3, 0.4) is 0 Å². The smallest absolute Gasteiger partial charge is 0.235 e. The van der Waals surface area contributed by atoms with E-state index in [9.17, 15) is 13.2 Å². The molecule has 8 heteroatoms. The number of amides is 1. The highest BCUT2D eigenvalue weighted by Gasteiger charge is 2.22. The molecule has 0 radical (unpaired) electrons. The number of hydrogen-bond donors (Lipinski definition) is 1. The van der Waals surface area contributed by atoms with Crippen molar-refractivity contribution >= 4 is 15.7 Å². The first-order chi connectivity index (χ1) is 16.3. The Morgan fingerprint density at radius 1 is 1.09 bits per heavy atom. The lowest BCUT2D eigenvalue weighted by Gasteiger charge is -2.28. The molecule has 180 valence electrons. The van der Waals surface area contributed by atoms with E-state index >= 15 is 0 Å². The zero-order valence-corrected chi connectivity index (χ0v) is 20.5. The normalized spacial score (nSPS) is 14.1. The van der Waals surface area contributed by atoms with Crippen molar-refractivity contribution in [3.05, 3.63) is 76.7 Å². The number of nitrogens with zero attached hydrogens (tertiary/aromatic N) is 2. The highest BCUT2D eigenvalue weighted by atomic mass is 32.2. The number of carbonyl (C=O) groups excluding carboxylic acids is 1. The number of sulfone groups is 1. The molecule has 0 aliphatic carbocycles. The van der Waals surface area contributed by atoms with E-state index in [0.29, 0.717) is 23.9 Å². The Labute approximate surface area is 201 Å². The van der Waals surface area contributed by atoms with Gasteiger partial charge in [0.1, 0.15) is 11.5 Å². The minimum absolute atomic E-state index is 0.325. The summed E-state index contributed by atoms with van der Waals surface area (Å²) in [6, 6.07) is 16.1. The van der Waals surface area contributed by atoms with Gasteiger partial charge in [-0.3, -0.25) is 9.69 Å². The van der Waals surface area contributed by atoms with Crippen molar-refractivity contribution in [3.8, 4) is 11.5 Å². The molecule has 1 aliphatic rings. The van der Waals surface area contributed by atoms with Gasteiger partial charge in [0.05, 0.1) is 11.4 Å². The quantitative estimate of drug-likeness (QED) is 0.471. The average Bonchev–Trinajstić information content (AvgIpc) is 3.15. The first kappa shape index (κ1) is 24.2. The molecule has 7 nitrogen and oxygen atoms in total. The van der Waals surface area contributed by atoms with E-state index < -0.39 is 21.5 Å². The maximum atomic E-state index is 12.6. The second kappa shape index (κ2) is 10.5. The van der Waals surface area contributed by atoms with Crippen LogP contribution in [0.25, 0.3) is 11.5 Å². The maximum Gasteiger partial charge on any atom is 0.235 e. The monoisotopic (exact) mass is 481 g/mol. The van der Waals surface area contributed by atoms with Crippen molar-refractivity contribution in [1.29, 1.82) is 0 Å². The summed E-state index contributed by atoms with van der Waals surface area (Å²) in [4.78, 5) is 19.0. The average molecular weight is 482 g/mol. The Morgan fingerprint density at radius 2 is 1.82 bits per heavy atom. The molecule has 0 spiro atoms. The van der Waals surface area contributed by atoms with Crippen molar-refractivity contribution in [2.24, 2.45) is 0 Å². The van der Waals surface area contributed by atoms with Crippen LogP contribution in [0, 0.1) is 13.8 Å². The first-order valence-corrected chi connectivity index (χ1v) is 13.4. The summed E-state index contributed by atoms with van der Waals surface area (Å²) in [7, 11) is -3.67. The van der Waals surface area contributed by atoms with E-state index in [-0.39, 0.29) is 5.75 Å². The van der Waals surface area contributed by atoms with E-state index in [1.807, 2.05) is 31.2 Å². The van der Waals surface area contributed by atoms with E-state index in [4.69, 9.17) is 4.42 Å². The second-order valence-corrected chi connectivity index (χ2v) is 10.9. The van der Waals surface area contributed by atoms with Gasteiger partial charge < -0.3 is 9.73 Å². The number of carbonyl (C=O) groups is 1. The molecule has 0 saturated heterocycles. The Balaban J connectivity index is 1.24. The van der Waals surface area contributed by atoms with E-state index in [1.54, 1.807) is 6.92 Å². The highest BCUT2D eigenvalue weighted by Crippen LogP contribution is 2.25. The van der Waals surface area contributed by atoms with Crippen molar-refractivity contribution in [1.82, 2.24) is 15.2 Å². The number of nitrogens with one attached hydrogen (secondary N) is 1. The van der Waals surface area contributed by atoms with E-state index in [1.165, 1.54) is 11.1 Å². The summed E-state index contributed by atoms with van der Waals surface area (Å²) in [6.07, 6.45) is 1.81.